The van der Waals surface area contributed by atoms with Crippen molar-refractivity contribution in [1.29, 1.82) is 0 Å². The van der Waals surface area contributed by atoms with E-state index in [1.807, 2.05) is 30.3 Å². The lowest BCUT2D eigenvalue weighted by molar-refractivity contribution is -0.134. The molecule has 0 aliphatic carbocycles. The van der Waals surface area contributed by atoms with E-state index >= 15 is 0 Å². The van der Waals surface area contributed by atoms with Gasteiger partial charge in [0.25, 0.3) is 0 Å². The molecular formula is C14H13IO2S. The molecule has 0 atom stereocenters. The Hall–Kier alpha value is -0.930. The van der Waals surface area contributed by atoms with Crippen molar-refractivity contribution in [2.24, 2.45) is 0 Å². The van der Waals surface area contributed by atoms with Crippen molar-refractivity contribution in [2.75, 3.05) is 18.6 Å². The van der Waals surface area contributed by atoms with Gasteiger partial charge in [0.05, 0.1) is 12.9 Å². The van der Waals surface area contributed by atoms with E-state index in [9.17, 15) is 4.79 Å². The highest BCUT2D eigenvalue weighted by Gasteiger charge is 1.97. The fourth-order valence-corrected chi connectivity index (χ4v) is 2.56. The van der Waals surface area contributed by atoms with Crippen LogP contribution in [0.15, 0.2) is 40.0 Å². The van der Waals surface area contributed by atoms with Gasteiger partial charge in [-0.15, -0.1) is 11.8 Å². The second kappa shape index (κ2) is 9.06. The molecule has 0 spiro atoms. The Balaban J connectivity index is 2.29. The van der Waals surface area contributed by atoms with Gasteiger partial charge in [-0.2, -0.15) is 0 Å². The maximum atomic E-state index is 11.0. The summed E-state index contributed by atoms with van der Waals surface area (Å²) >= 11 is 3.81. The van der Waals surface area contributed by atoms with Gasteiger partial charge in [-0.1, -0.05) is 30.0 Å². The smallest absolute Gasteiger partial charge is 0.331 e. The van der Waals surface area contributed by atoms with Gasteiger partial charge in [0.1, 0.15) is 0 Å². The number of carbonyl (C=O) groups is 1. The lowest BCUT2D eigenvalue weighted by Gasteiger charge is -1.96. The third-order valence-electron chi connectivity index (χ3n) is 1.90. The first-order chi connectivity index (χ1) is 8.72. The molecule has 0 aliphatic heterocycles. The van der Waals surface area contributed by atoms with Crippen LogP contribution in [0.4, 0.5) is 0 Å². The zero-order valence-corrected chi connectivity index (χ0v) is 13.0. The Labute approximate surface area is 125 Å². The van der Waals surface area contributed by atoms with Crippen LogP contribution >= 0.6 is 34.4 Å². The molecule has 0 amide bonds. The van der Waals surface area contributed by atoms with Crippen molar-refractivity contribution >= 4 is 40.3 Å². The SMILES string of the molecule is COC(=O)/C=C(\I)CSCC#Cc1ccccc1. The molecule has 18 heavy (non-hydrogen) atoms. The largest absolute Gasteiger partial charge is 0.466 e. The van der Waals surface area contributed by atoms with Crippen LogP contribution in [0.3, 0.4) is 0 Å². The first kappa shape index (κ1) is 15.1. The molecule has 0 radical (unpaired) electrons. The standard InChI is InChI=1S/C14H13IO2S/c1-17-14(16)10-13(15)11-18-9-5-8-12-6-3-2-4-7-12/h2-4,6-7,10H,9,11H2,1H3/b13-10-. The third kappa shape index (κ3) is 6.72. The molecule has 1 rings (SSSR count). The monoisotopic (exact) mass is 372 g/mol. The van der Waals surface area contributed by atoms with Gasteiger partial charge in [0.2, 0.25) is 0 Å². The van der Waals surface area contributed by atoms with Gasteiger partial charge >= 0.3 is 5.97 Å². The van der Waals surface area contributed by atoms with Crippen LogP contribution in [0, 0.1) is 11.8 Å². The van der Waals surface area contributed by atoms with Crippen LogP contribution in [0.25, 0.3) is 0 Å². The van der Waals surface area contributed by atoms with Crippen LogP contribution in [0.2, 0.25) is 0 Å². The molecule has 0 saturated heterocycles. The van der Waals surface area contributed by atoms with Crippen molar-refractivity contribution in [3.05, 3.63) is 45.6 Å². The highest BCUT2D eigenvalue weighted by molar-refractivity contribution is 14.1. The summed E-state index contributed by atoms with van der Waals surface area (Å²) in [6.45, 7) is 0. The quantitative estimate of drug-likeness (QED) is 0.267. The van der Waals surface area contributed by atoms with E-state index in [1.165, 1.54) is 13.2 Å². The lowest BCUT2D eigenvalue weighted by Crippen LogP contribution is -1.95. The minimum Gasteiger partial charge on any atom is -0.466 e. The minimum atomic E-state index is -0.310. The molecule has 4 heteroatoms. The number of rotatable bonds is 4. The predicted octanol–water partition coefficient (Wildman–Crippen LogP) is 3.26. The zero-order chi connectivity index (χ0) is 13.2. The van der Waals surface area contributed by atoms with E-state index in [0.717, 1.165) is 20.6 Å². The third-order valence-corrected chi connectivity index (χ3v) is 3.97. The van der Waals surface area contributed by atoms with E-state index in [2.05, 4.69) is 39.2 Å². The molecule has 0 N–H and O–H groups in total. The average molecular weight is 372 g/mol. The normalized spacial score (nSPS) is 10.4. The molecule has 1 aromatic rings. The number of carbonyl (C=O) groups excluding carboxylic acids is 1. The van der Waals surface area contributed by atoms with Gasteiger partial charge in [-0.05, 0) is 34.7 Å². The van der Waals surface area contributed by atoms with Crippen LogP contribution in [0.5, 0.6) is 0 Å². The Bertz CT molecular complexity index is 472. The van der Waals surface area contributed by atoms with Crippen molar-refractivity contribution < 1.29 is 9.53 Å². The number of hydrogen-bond donors (Lipinski definition) is 0. The van der Waals surface area contributed by atoms with Gasteiger partial charge in [-0.3, -0.25) is 0 Å². The maximum Gasteiger partial charge on any atom is 0.331 e. The number of hydrogen-bond acceptors (Lipinski definition) is 3. The molecule has 1 aromatic carbocycles. The Morgan fingerprint density at radius 2 is 2.17 bits per heavy atom. The first-order valence-corrected chi connectivity index (χ1v) is 7.51. The van der Waals surface area contributed by atoms with Crippen LogP contribution in [0.1, 0.15) is 5.56 Å². The Morgan fingerprint density at radius 1 is 1.44 bits per heavy atom. The Kier molecular flexibility index (Phi) is 7.62. The van der Waals surface area contributed by atoms with Gasteiger partial charge in [0.15, 0.2) is 0 Å². The van der Waals surface area contributed by atoms with E-state index in [-0.39, 0.29) is 5.97 Å². The molecule has 0 bridgehead atoms. The van der Waals surface area contributed by atoms with Crippen LogP contribution in [-0.4, -0.2) is 24.6 Å². The van der Waals surface area contributed by atoms with Gasteiger partial charge in [-0.25, -0.2) is 4.79 Å². The molecule has 0 aromatic heterocycles. The number of methoxy groups -OCH3 is 1. The average Bonchev–Trinajstić information content (AvgIpc) is 2.39. The summed E-state index contributed by atoms with van der Waals surface area (Å²) in [5, 5.41) is 0. The number of esters is 1. The molecule has 0 heterocycles. The fraction of sp³-hybridized carbons (Fsp3) is 0.214. The molecule has 94 valence electrons. The van der Waals surface area contributed by atoms with Crippen LogP contribution in [-0.2, 0) is 9.53 Å². The second-order valence-corrected chi connectivity index (χ2v) is 5.65. The molecule has 0 fully saturated rings. The summed E-state index contributed by atoms with van der Waals surface area (Å²) in [6, 6.07) is 9.88. The highest BCUT2D eigenvalue weighted by Crippen LogP contribution is 2.14. The molecule has 2 nitrogen and oxygen atoms in total. The maximum absolute atomic E-state index is 11.0. The van der Waals surface area contributed by atoms with E-state index in [0.29, 0.717) is 0 Å². The van der Waals surface area contributed by atoms with Crippen molar-refractivity contribution in [3.8, 4) is 11.8 Å². The minimum absolute atomic E-state index is 0.310. The first-order valence-electron chi connectivity index (χ1n) is 5.28. The summed E-state index contributed by atoms with van der Waals surface area (Å²) in [6.07, 6.45) is 1.50. The summed E-state index contributed by atoms with van der Waals surface area (Å²) in [5.41, 5.74) is 1.03. The van der Waals surface area contributed by atoms with Crippen molar-refractivity contribution in [1.82, 2.24) is 0 Å². The molecule has 0 unspecified atom stereocenters. The molecule has 0 saturated carbocycles. The fourth-order valence-electron chi connectivity index (χ4n) is 1.09. The lowest BCUT2D eigenvalue weighted by atomic mass is 10.2. The summed E-state index contributed by atoms with van der Waals surface area (Å²) in [5.74, 6) is 7.39. The second-order valence-electron chi connectivity index (χ2n) is 3.27. The topological polar surface area (TPSA) is 26.3 Å². The van der Waals surface area contributed by atoms with E-state index < -0.39 is 0 Å². The summed E-state index contributed by atoms with van der Waals surface area (Å²) < 4.78 is 5.51. The number of benzene rings is 1. The van der Waals surface area contributed by atoms with Gasteiger partial charge < -0.3 is 4.74 Å². The summed E-state index contributed by atoms with van der Waals surface area (Å²) in [7, 11) is 1.38. The van der Waals surface area contributed by atoms with Gasteiger partial charge in [0, 0.05) is 21.0 Å². The van der Waals surface area contributed by atoms with Crippen molar-refractivity contribution in [2.45, 2.75) is 0 Å². The van der Waals surface area contributed by atoms with Crippen LogP contribution < -0.4 is 0 Å². The predicted molar refractivity (Wildman–Crippen MR) is 84.8 cm³/mol. The summed E-state index contributed by atoms with van der Waals surface area (Å²) in [4.78, 5) is 11.0. The zero-order valence-electron chi connectivity index (χ0n) is 9.98. The Morgan fingerprint density at radius 3 is 2.83 bits per heavy atom. The molecular weight excluding hydrogens is 359 g/mol. The number of ether oxygens (including phenoxy) is 1. The van der Waals surface area contributed by atoms with E-state index in [4.69, 9.17) is 0 Å². The highest BCUT2D eigenvalue weighted by atomic mass is 127. The molecule has 0 aliphatic rings. The van der Waals surface area contributed by atoms with E-state index in [1.54, 1.807) is 11.8 Å². The number of halogens is 1. The van der Waals surface area contributed by atoms with Crippen molar-refractivity contribution in [3.63, 3.8) is 0 Å². The number of thioether (sulfide) groups is 1.